The van der Waals surface area contributed by atoms with Crippen LogP contribution in [0.3, 0.4) is 0 Å². The lowest BCUT2D eigenvalue weighted by Gasteiger charge is -2.37. The molecule has 1 aromatic heterocycles. The van der Waals surface area contributed by atoms with Crippen molar-refractivity contribution in [2.75, 3.05) is 32.7 Å². The fraction of sp³-hybridized carbons (Fsp3) is 0.750. The minimum absolute atomic E-state index is 0.510. The molecule has 1 saturated heterocycles. The third-order valence-electron chi connectivity index (χ3n) is 3.54. The molecule has 5 nitrogen and oxygen atoms in total. The van der Waals surface area contributed by atoms with Gasteiger partial charge < -0.3 is 5.73 Å². The fourth-order valence-corrected chi connectivity index (χ4v) is 2.32. The van der Waals surface area contributed by atoms with Gasteiger partial charge in [-0.1, -0.05) is 0 Å². The minimum atomic E-state index is 0.510. The van der Waals surface area contributed by atoms with Crippen molar-refractivity contribution >= 4 is 0 Å². The van der Waals surface area contributed by atoms with Gasteiger partial charge in [-0.15, -0.1) is 0 Å². The van der Waals surface area contributed by atoms with E-state index in [2.05, 4.69) is 28.0 Å². The first kappa shape index (κ1) is 12.5. The number of aryl methyl sites for hydroxylation is 1. The minimum Gasteiger partial charge on any atom is -0.329 e. The Kier molecular flexibility index (Phi) is 4.15. The fourth-order valence-electron chi connectivity index (χ4n) is 2.32. The first-order valence-corrected chi connectivity index (χ1v) is 6.33. The normalized spacial score (nSPS) is 20.6. The van der Waals surface area contributed by atoms with Gasteiger partial charge in [-0.3, -0.25) is 14.5 Å². The molecule has 0 saturated carbocycles. The molecule has 1 unspecified atom stereocenters. The molecule has 1 aliphatic heterocycles. The molecule has 1 aliphatic rings. The number of aromatic nitrogens is 2. The molecular formula is C12H23N5. The molecule has 0 radical (unpaired) electrons. The molecule has 1 atom stereocenters. The summed E-state index contributed by atoms with van der Waals surface area (Å²) < 4.78 is 1.86. The zero-order valence-electron chi connectivity index (χ0n) is 10.8. The summed E-state index contributed by atoms with van der Waals surface area (Å²) in [4.78, 5) is 4.95. The second-order valence-electron chi connectivity index (χ2n) is 4.92. The standard InChI is InChI=1S/C12H23N5/c1-11(7-13)17-5-3-16(4-6-17)10-12-8-14-15(2)9-12/h8-9,11H,3-7,10,13H2,1-2H3. The van der Waals surface area contributed by atoms with Crippen molar-refractivity contribution in [3.05, 3.63) is 18.0 Å². The maximum absolute atomic E-state index is 5.70. The first-order valence-electron chi connectivity index (χ1n) is 6.33. The van der Waals surface area contributed by atoms with Crippen molar-refractivity contribution in [2.24, 2.45) is 12.8 Å². The van der Waals surface area contributed by atoms with Crippen molar-refractivity contribution < 1.29 is 0 Å². The van der Waals surface area contributed by atoms with E-state index in [4.69, 9.17) is 5.73 Å². The Morgan fingerprint density at radius 2 is 2.06 bits per heavy atom. The van der Waals surface area contributed by atoms with Gasteiger partial charge in [0.2, 0.25) is 0 Å². The van der Waals surface area contributed by atoms with Gasteiger partial charge in [-0.25, -0.2) is 0 Å². The average Bonchev–Trinajstić information content (AvgIpc) is 2.75. The van der Waals surface area contributed by atoms with Crippen LogP contribution < -0.4 is 5.73 Å². The molecule has 17 heavy (non-hydrogen) atoms. The van der Waals surface area contributed by atoms with Crippen LogP contribution in [0, 0.1) is 0 Å². The van der Waals surface area contributed by atoms with Gasteiger partial charge in [0, 0.05) is 64.1 Å². The third-order valence-corrected chi connectivity index (χ3v) is 3.54. The summed E-state index contributed by atoms with van der Waals surface area (Å²) in [5, 5.41) is 4.20. The lowest BCUT2D eigenvalue weighted by molar-refractivity contribution is 0.100. The number of nitrogens with two attached hydrogens (primary N) is 1. The van der Waals surface area contributed by atoms with Crippen molar-refractivity contribution in [1.29, 1.82) is 0 Å². The molecule has 0 aliphatic carbocycles. The molecule has 96 valence electrons. The second-order valence-corrected chi connectivity index (χ2v) is 4.92. The Balaban J connectivity index is 1.79. The number of hydrogen-bond donors (Lipinski definition) is 1. The van der Waals surface area contributed by atoms with Gasteiger partial charge in [0.15, 0.2) is 0 Å². The summed E-state index contributed by atoms with van der Waals surface area (Å²) in [6.45, 7) is 8.47. The highest BCUT2D eigenvalue weighted by molar-refractivity contribution is 5.03. The van der Waals surface area contributed by atoms with Crippen molar-refractivity contribution in [3.63, 3.8) is 0 Å². The Labute approximate surface area is 103 Å². The maximum Gasteiger partial charge on any atom is 0.0534 e. The van der Waals surface area contributed by atoms with E-state index in [0.717, 1.165) is 39.3 Å². The van der Waals surface area contributed by atoms with Gasteiger partial charge in [-0.2, -0.15) is 5.10 Å². The van der Waals surface area contributed by atoms with Gasteiger partial charge in [0.05, 0.1) is 6.20 Å². The summed E-state index contributed by atoms with van der Waals surface area (Å²) in [6, 6.07) is 0.510. The average molecular weight is 237 g/mol. The van der Waals surface area contributed by atoms with Crippen LogP contribution in [-0.4, -0.2) is 58.3 Å². The Bertz CT molecular complexity index is 340. The highest BCUT2D eigenvalue weighted by Gasteiger charge is 2.20. The second kappa shape index (κ2) is 5.62. The molecule has 2 N–H and O–H groups in total. The summed E-state index contributed by atoms with van der Waals surface area (Å²) in [5.41, 5.74) is 7.00. The first-order chi connectivity index (χ1) is 8.19. The van der Waals surface area contributed by atoms with Crippen LogP contribution in [0.2, 0.25) is 0 Å². The van der Waals surface area contributed by atoms with E-state index >= 15 is 0 Å². The third kappa shape index (κ3) is 3.28. The number of hydrogen-bond acceptors (Lipinski definition) is 4. The topological polar surface area (TPSA) is 50.3 Å². The van der Waals surface area contributed by atoms with E-state index in [1.165, 1.54) is 5.56 Å². The monoisotopic (exact) mass is 237 g/mol. The summed E-state index contributed by atoms with van der Waals surface area (Å²) in [5.74, 6) is 0. The molecule has 2 heterocycles. The SMILES string of the molecule is CC(CN)N1CCN(Cc2cnn(C)c2)CC1. The maximum atomic E-state index is 5.70. The quantitative estimate of drug-likeness (QED) is 0.793. The van der Waals surface area contributed by atoms with Crippen LogP contribution in [0.5, 0.6) is 0 Å². The molecular weight excluding hydrogens is 214 g/mol. The van der Waals surface area contributed by atoms with E-state index in [1.54, 1.807) is 0 Å². The van der Waals surface area contributed by atoms with Crippen molar-refractivity contribution in [3.8, 4) is 0 Å². The zero-order valence-corrected chi connectivity index (χ0v) is 10.8. The van der Waals surface area contributed by atoms with Gasteiger partial charge in [0.1, 0.15) is 0 Å². The van der Waals surface area contributed by atoms with E-state index in [0.29, 0.717) is 6.04 Å². The lowest BCUT2D eigenvalue weighted by Crippen LogP contribution is -2.50. The predicted octanol–water partition coefficient (Wildman–Crippen LogP) is -0.115. The number of nitrogens with zero attached hydrogens (tertiary/aromatic N) is 4. The van der Waals surface area contributed by atoms with Crippen LogP contribution in [0.1, 0.15) is 12.5 Å². The van der Waals surface area contributed by atoms with E-state index in [9.17, 15) is 0 Å². The lowest BCUT2D eigenvalue weighted by atomic mass is 10.2. The summed E-state index contributed by atoms with van der Waals surface area (Å²) in [7, 11) is 1.96. The van der Waals surface area contributed by atoms with Gasteiger partial charge >= 0.3 is 0 Å². The predicted molar refractivity (Wildman–Crippen MR) is 68.6 cm³/mol. The summed E-state index contributed by atoms with van der Waals surface area (Å²) in [6.07, 6.45) is 4.05. The van der Waals surface area contributed by atoms with Crippen LogP contribution in [0.25, 0.3) is 0 Å². The molecule has 0 aromatic carbocycles. The molecule has 0 amide bonds. The van der Waals surface area contributed by atoms with Crippen molar-refractivity contribution in [2.45, 2.75) is 19.5 Å². The van der Waals surface area contributed by atoms with Crippen LogP contribution >= 0.6 is 0 Å². The molecule has 1 aromatic rings. The van der Waals surface area contributed by atoms with E-state index in [1.807, 2.05) is 17.9 Å². The smallest absolute Gasteiger partial charge is 0.0534 e. The van der Waals surface area contributed by atoms with Gasteiger partial charge in [0.25, 0.3) is 0 Å². The Morgan fingerprint density at radius 1 is 1.35 bits per heavy atom. The van der Waals surface area contributed by atoms with E-state index < -0.39 is 0 Å². The van der Waals surface area contributed by atoms with E-state index in [-0.39, 0.29) is 0 Å². The molecule has 0 spiro atoms. The highest BCUT2D eigenvalue weighted by atomic mass is 15.3. The molecule has 1 fully saturated rings. The largest absolute Gasteiger partial charge is 0.329 e. The van der Waals surface area contributed by atoms with Crippen LogP contribution in [0.15, 0.2) is 12.4 Å². The van der Waals surface area contributed by atoms with Gasteiger partial charge in [-0.05, 0) is 6.92 Å². The number of rotatable bonds is 4. The van der Waals surface area contributed by atoms with Crippen LogP contribution in [-0.2, 0) is 13.6 Å². The summed E-state index contributed by atoms with van der Waals surface area (Å²) >= 11 is 0. The Morgan fingerprint density at radius 3 is 2.59 bits per heavy atom. The molecule has 2 rings (SSSR count). The highest BCUT2D eigenvalue weighted by Crippen LogP contribution is 2.09. The Hall–Kier alpha value is -0.910. The number of piperazine rings is 1. The van der Waals surface area contributed by atoms with Crippen molar-refractivity contribution in [1.82, 2.24) is 19.6 Å². The zero-order chi connectivity index (χ0) is 12.3. The van der Waals surface area contributed by atoms with Crippen LogP contribution in [0.4, 0.5) is 0 Å². The molecule has 5 heteroatoms. The molecule has 0 bridgehead atoms.